The van der Waals surface area contributed by atoms with Gasteiger partial charge < -0.3 is 9.84 Å². The minimum atomic E-state index is -0.172. The van der Waals surface area contributed by atoms with Crippen molar-refractivity contribution in [1.82, 2.24) is 0 Å². The Balaban J connectivity index is 1.73. The van der Waals surface area contributed by atoms with E-state index < -0.39 is 0 Å². The van der Waals surface area contributed by atoms with E-state index in [4.69, 9.17) is 4.74 Å². The van der Waals surface area contributed by atoms with Crippen molar-refractivity contribution in [1.29, 1.82) is 0 Å². The molecule has 5 nitrogen and oxygen atoms in total. The molecule has 4 aliphatic heterocycles. The number of methoxy groups -OCH3 is 1. The van der Waals surface area contributed by atoms with E-state index in [1.54, 1.807) is 13.2 Å². The predicted octanol–water partition coefficient (Wildman–Crippen LogP) is -0.818. The van der Waals surface area contributed by atoms with Crippen molar-refractivity contribution < 1.29 is 24.4 Å². The smallest absolute Gasteiger partial charge is 0.240 e. The minimum Gasteiger partial charge on any atom is -0.504 e. The van der Waals surface area contributed by atoms with E-state index in [1.165, 1.54) is 15.4 Å². The summed E-state index contributed by atoms with van der Waals surface area (Å²) < 4.78 is 5.28. The molecule has 23 heavy (non-hydrogen) atoms. The monoisotopic (exact) mass is 318 g/mol. The summed E-state index contributed by atoms with van der Waals surface area (Å²) in [5.74, 6) is 1.22. The van der Waals surface area contributed by atoms with Gasteiger partial charge >= 0.3 is 0 Å². The van der Waals surface area contributed by atoms with Crippen LogP contribution in [0.25, 0.3) is 0 Å². The van der Waals surface area contributed by atoms with E-state index in [0.717, 1.165) is 32.6 Å². The van der Waals surface area contributed by atoms with Gasteiger partial charge in [-0.1, -0.05) is 6.92 Å². The fourth-order valence-electron chi connectivity index (χ4n) is 5.54. The molecule has 4 heterocycles. The number of ketones is 1. The normalized spacial score (nSPS) is 41.3. The Morgan fingerprint density at radius 2 is 1.91 bits per heavy atom. The van der Waals surface area contributed by atoms with Crippen molar-refractivity contribution in [2.75, 3.05) is 33.3 Å². The first-order valence-electron chi connectivity index (χ1n) is 8.53. The first-order chi connectivity index (χ1) is 10.9. The summed E-state index contributed by atoms with van der Waals surface area (Å²) in [6, 6.07) is 5.70. The summed E-state index contributed by atoms with van der Waals surface area (Å²) in [6.07, 6.45) is 1.28. The van der Waals surface area contributed by atoms with Crippen LogP contribution in [0.3, 0.4) is 0 Å². The molecule has 4 aliphatic rings. The highest BCUT2D eigenvalue weighted by atomic mass is 16.5. The van der Waals surface area contributed by atoms with Gasteiger partial charge in [0.15, 0.2) is 17.3 Å². The molecule has 4 bridgehead atoms. The van der Waals surface area contributed by atoms with Gasteiger partial charge in [-0.2, -0.15) is 0 Å². The van der Waals surface area contributed by atoms with E-state index >= 15 is 0 Å². The van der Waals surface area contributed by atoms with E-state index in [2.05, 4.69) is 13.8 Å². The van der Waals surface area contributed by atoms with Gasteiger partial charge in [-0.3, -0.25) is 14.6 Å². The third kappa shape index (κ3) is 1.90. The maximum absolute atomic E-state index is 13.0. The zero-order valence-electron chi connectivity index (χ0n) is 14.1. The number of hydrogen-bond acceptors (Lipinski definition) is 3. The molecule has 4 fully saturated rings. The summed E-state index contributed by atoms with van der Waals surface area (Å²) in [6.45, 7) is 8.04. The SMILES string of the molecule is CCC12C[NH+]3CC(C)(C[NH+](C1)C3c1ccc(O)c(OC)c1)C2=O. The van der Waals surface area contributed by atoms with Crippen molar-refractivity contribution in [3.05, 3.63) is 23.8 Å². The van der Waals surface area contributed by atoms with Gasteiger partial charge in [0.25, 0.3) is 0 Å². The zero-order valence-corrected chi connectivity index (χ0v) is 14.1. The Morgan fingerprint density at radius 1 is 1.26 bits per heavy atom. The van der Waals surface area contributed by atoms with Crippen molar-refractivity contribution in [3.63, 3.8) is 0 Å². The van der Waals surface area contributed by atoms with E-state index in [-0.39, 0.29) is 16.6 Å². The Hall–Kier alpha value is -1.59. The number of hydrogen-bond donors (Lipinski definition) is 3. The van der Waals surface area contributed by atoms with Gasteiger partial charge in [0, 0.05) is 0 Å². The van der Waals surface area contributed by atoms with Crippen molar-refractivity contribution in [2.24, 2.45) is 10.8 Å². The topological polar surface area (TPSA) is 55.4 Å². The maximum Gasteiger partial charge on any atom is 0.240 e. The Bertz CT molecular complexity index is 656. The Morgan fingerprint density at radius 3 is 2.48 bits per heavy atom. The second-order valence-corrected chi connectivity index (χ2v) is 7.91. The fraction of sp³-hybridized carbons (Fsp3) is 0.611. The van der Waals surface area contributed by atoms with Crippen molar-refractivity contribution in [2.45, 2.75) is 26.4 Å². The molecule has 3 N–H and O–H groups in total. The molecule has 0 aromatic heterocycles. The molecule has 0 aliphatic carbocycles. The molecule has 0 saturated carbocycles. The number of Topliss-reactive ketones (excluding diaryl/α,β-unsaturated/α-hetero) is 1. The molecular weight excluding hydrogens is 292 g/mol. The van der Waals surface area contributed by atoms with Crippen LogP contribution in [0, 0.1) is 10.8 Å². The number of benzene rings is 1. The van der Waals surface area contributed by atoms with Crippen molar-refractivity contribution in [3.8, 4) is 11.5 Å². The lowest BCUT2D eigenvalue weighted by atomic mass is 9.60. The highest BCUT2D eigenvalue weighted by Crippen LogP contribution is 2.39. The van der Waals surface area contributed by atoms with Crippen LogP contribution in [0.15, 0.2) is 18.2 Å². The third-order valence-corrected chi connectivity index (χ3v) is 6.43. The molecule has 0 radical (unpaired) electrons. The van der Waals surface area contributed by atoms with E-state index in [0.29, 0.717) is 17.7 Å². The van der Waals surface area contributed by atoms with Crippen LogP contribution in [0.2, 0.25) is 0 Å². The third-order valence-electron chi connectivity index (χ3n) is 6.43. The van der Waals surface area contributed by atoms with Gasteiger partial charge in [-0.15, -0.1) is 0 Å². The van der Waals surface area contributed by atoms with E-state index in [1.807, 2.05) is 12.1 Å². The average Bonchev–Trinajstić information content (AvgIpc) is 2.52. The first kappa shape index (κ1) is 15.0. The van der Waals surface area contributed by atoms with Gasteiger partial charge in [0.05, 0.1) is 25.8 Å². The summed E-state index contributed by atoms with van der Waals surface area (Å²) in [5, 5.41) is 9.86. The standard InChI is InChI=1S/C18H24N2O3/c1-4-18-10-19-8-17(2,16(18)22)9-20(11-18)15(19)12-5-6-13(21)14(7-12)23-3/h5-7,15,21H,4,8-11H2,1-3H3/p+2. The second-order valence-electron chi connectivity index (χ2n) is 7.91. The molecule has 2 unspecified atom stereocenters. The van der Waals surface area contributed by atoms with Crippen LogP contribution < -0.4 is 14.5 Å². The van der Waals surface area contributed by atoms with Gasteiger partial charge in [-0.25, -0.2) is 0 Å². The maximum atomic E-state index is 13.0. The van der Waals surface area contributed by atoms with Crippen LogP contribution in [0.4, 0.5) is 0 Å². The van der Waals surface area contributed by atoms with Gasteiger partial charge in [0.2, 0.25) is 6.17 Å². The number of piperidine rings is 2. The number of quaternary nitrogens is 2. The summed E-state index contributed by atoms with van der Waals surface area (Å²) in [4.78, 5) is 16.0. The van der Waals surface area contributed by atoms with Crippen LogP contribution in [0.1, 0.15) is 32.0 Å². The molecule has 1 aromatic carbocycles. The number of carbonyl (C=O) groups excluding carboxylic acids is 1. The van der Waals surface area contributed by atoms with Crippen molar-refractivity contribution >= 4 is 5.78 Å². The molecule has 5 rings (SSSR count). The largest absolute Gasteiger partial charge is 0.504 e. The van der Waals surface area contributed by atoms with Gasteiger partial charge in [-0.05, 0) is 31.5 Å². The van der Waals surface area contributed by atoms with Crippen LogP contribution >= 0.6 is 0 Å². The summed E-state index contributed by atoms with van der Waals surface area (Å²) in [5.41, 5.74) is 0.896. The molecular formula is C18H26N2O3+2. The fourth-order valence-corrected chi connectivity index (χ4v) is 5.54. The van der Waals surface area contributed by atoms with Crippen LogP contribution in [-0.2, 0) is 4.79 Å². The Labute approximate surface area is 136 Å². The minimum absolute atomic E-state index is 0.132. The number of carbonyl (C=O) groups is 1. The average molecular weight is 318 g/mol. The molecule has 0 amide bonds. The number of rotatable bonds is 3. The molecule has 1 aromatic rings. The molecule has 5 heteroatoms. The number of phenols is 1. The number of phenolic OH excluding ortho intramolecular Hbond substituents is 1. The first-order valence-corrected chi connectivity index (χ1v) is 8.53. The molecule has 124 valence electrons. The lowest BCUT2D eigenvalue weighted by Gasteiger charge is -2.59. The lowest BCUT2D eigenvalue weighted by Crippen LogP contribution is -3.41. The highest BCUT2D eigenvalue weighted by Gasteiger charge is 2.69. The zero-order chi connectivity index (χ0) is 16.4. The van der Waals surface area contributed by atoms with Crippen LogP contribution in [0.5, 0.6) is 11.5 Å². The molecule has 0 spiro atoms. The number of ether oxygens (including phenoxy) is 1. The lowest BCUT2D eigenvalue weighted by molar-refractivity contribution is -1.18. The quantitative estimate of drug-likeness (QED) is 0.683. The number of nitrogens with one attached hydrogen (secondary N) is 2. The predicted molar refractivity (Wildman–Crippen MR) is 84.6 cm³/mol. The number of aromatic hydroxyl groups is 1. The second kappa shape index (κ2) is 4.71. The summed E-state index contributed by atoms with van der Waals surface area (Å²) >= 11 is 0. The molecule has 4 saturated heterocycles. The van der Waals surface area contributed by atoms with Crippen LogP contribution in [-0.4, -0.2) is 44.2 Å². The highest BCUT2D eigenvalue weighted by molar-refractivity contribution is 5.91. The summed E-state index contributed by atoms with van der Waals surface area (Å²) in [7, 11) is 1.59. The van der Waals surface area contributed by atoms with E-state index in [9.17, 15) is 9.90 Å². The molecule has 2 atom stereocenters. The Kier molecular flexibility index (Phi) is 3.06. The van der Waals surface area contributed by atoms with Gasteiger partial charge in [0.1, 0.15) is 23.9 Å².